The van der Waals surface area contributed by atoms with Crippen molar-refractivity contribution in [3.63, 3.8) is 0 Å². The number of aliphatic carboxylic acids is 3. The van der Waals surface area contributed by atoms with Crippen molar-refractivity contribution in [1.82, 2.24) is 0 Å². The Kier molecular flexibility index (Phi) is 13.5. The third-order valence-electron chi connectivity index (χ3n) is 1.44. The molecule has 2 unspecified atom stereocenters. The number of carboxylic acids is 3. The molecule has 0 radical (unpaired) electrons. The molecular weight excluding hydrogens is 278 g/mol. The van der Waals surface area contributed by atoms with Crippen molar-refractivity contribution < 1.29 is 143 Å². The fraction of sp³-hybridized carbons (Fsp3) is 0.500. The van der Waals surface area contributed by atoms with Gasteiger partial charge in [-0.05, 0) is 0 Å². The second-order valence-electron chi connectivity index (χ2n) is 2.48. The number of carboxylic acid groups (broad SMARTS) is 3. The topological polar surface area (TPSA) is 161 Å². The van der Waals surface area contributed by atoms with Gasteiger partial charge >= 0.3 is 103 Å². The molecule has 0 spiro atoms. The van der Waals surface area contributed by atoms with Crippen LogP contribution < -0.4 is 118 Å². The quantitative estimate of drug-likeness (QED) is 0.470. The van der Waals surface area contributed by atoms with Crippen LogP contribution in [0.25, 0.3) is 0 Å². The van der Waals surface area contributed by atoms with E-state index in [2.05, 4.69) is 0 Å². The Bertz CT molecular complexity index is 280. The van der Waals surface area contributed by atoms with Gasteiger partial charge in [-0.25, -0.2) is 0 Å². The van der Waals surface area contributed by atoms with Gasteiger partial charge in [0.05, 0.1) is 11.9 Å². The largest absolute Gasteiger partial charge is 1.00 e. The van der Waals surface area contributed by atoms with Crippen LogP contribution in [-0.4, -0.2) is 39.8 Å². The van der Waals surface area contributed by atoms with Crippen LogP contribution in [0, 0.1) is 0 Å². The number of aliphatic hydroxyl groups excluding tert-OH is 1. The zero-order valence-electron chi connectivity index (χ0n) is 8.63. The molecule has 0 aromatic carbocycles. The second kappa shape index (κ2) is 9.52. The summed E-state index contributed by atoms with van der Waals surface area (Å²) in [6, 6.07) is 0. The Balaban J connectivity index is -0.000000845. The van der Waals surface area contributed by atoms with Gasteiger partial charge in [-0.15, -0.1) is 0 Å². The summed E-state index contributed by atoms with van der Waals surface area (Å²) in [6.45, 7) is 0. The molecule has 0 heterocycles. The standard InChI is InChI=1S/C6H8O8.2K/c7-2(8)1-6(14,5(12)13)3(9)4(10)11;;/h3,9,14H,1H2,(H,7,8)(H,10,11)(H,12,13);;/q;2*+1/p-3. The molecule has 0 aromatic rings. The molecule has 0 fully saturated rings. The SMILES string of the molecule is O=C([O-])CC(O)(C(=O)[O-])C(O)C(=O)[O-].[K+].[K+]. The molecule has 16 heavy (non-hydrogen) atoms. The van der Waals surface area contributed by atoms with Gasteiger partial charge in [0.25, 0.3) is 0 Å². The third-order valence-corrected chi connectivity index (χ3v) is 1.44. The zero-order chi connectivity index (χ0) is 11.5. The molecule has 0 amide bonds. The summed E-state index contributed by atoms with van der Waals surface area (Å²) in [7, 11) is 0. The van der Waals surface area contributed by atoms with Crippen molar-refractivity contribution in [3.05, 3.63) is 0 Å². The van der Waals surface area contributed by atoms with Crippen molar-refractivity contribution in [1.29, 1.82) is 0 Å². The summed E-state index contributed by atoms with van der Waals surface area (Å²) in [4.78, 5) is 30.2. The average molecular weight is 283 g/mol. The summed E-state index contributed by atoms with van der Waals surface area (Å²) >= 11 is 0. The molecule has 0 saturated carbocycles. The van der Waals surface area contributed by atoms with Crippen LogP contribution in [0.2, 0.25) is 0 Å². The number of aliphatic hydroxyl groups is 2. The Morgan fingerprint density at radius 3 is 1.69 bits per heavy atom. The maximum Gasteiger partial charge on any atom is 1.00 e. The van der Waals surface area contributed by atoms with Gasteiger partial charge in [0, 0.05) is 12.4 Å². The van der Waals surface area contributed by atoms with E-state index in [-0.39, 0.29) is 103 Å². The Morgan fingerprint density at radius 1 is 1.12 bits per heavy atom. The van der Waals surface area contributed by atoms with E-state index in [1.807, 2.05) is 0 Å². The van der Waals surface area contributed by atoms with Crippen LogP contribution in [0.15, 0.2) is 0 Å². The average Bonchev–Trinajstić information content (AvgIpc) is 2.00. The Labute approximate surface area is 175 Å². The number of rotatable bonds is 5. The molecule has 0 aliphatic rings. The van der Waals surface area contributed by atoms with Crippen LogP contribution in [0.4, 0.5) is 0 Å². The second-order valence-corrected chi connectivity index (χ2v) is 2.48. The number of carbonyl (C=O) groups is 3. The molecule has 0 saturated heterocycles. The van der Waals surface area contributed by atoms with Gasteiger partial charge in [0.2, 0.25) is 0 Å². The normalized spacial score (nSPS) is 14.6. The van der Waals surface area contributed by atoms with Crippen molar-refractivity contribution in [2.45, 2.75) is 18.1 Å². The minimum absolute atomic E-state index is 0. The Morgan fingerprint density at radius 2 is 1.50 bits per heavy atom. The van der Waals surface area contributed by atoms with Crippen molar-refractivity contribution in [3.8, 4) is 0 Å². The fourth-order valence-corrected chi connectivity index (χ4v) is 0.695. The molecule has 0 rings (SSSR count). The third kappa shape index (κ3) is 6.51. The summed E-state index contributed by atoms with van der Waals surface area (Å²) < 4.78 is 0. The Hall–Kier alpha value is 1.60. The van der Waals surface area contributed by atoms with E-state index in [1.54, 1.807) is 0 Å². The molecule has 0 aliphatic heterocycles. The molecule has 2 N–H and O–H groups in total. The monoisotopic (exact) mass is 283 g/mol. The molecule has 0 aliphatic carbocycles. The summed E-state index contributed by atoms with van der Waals surface area (Å²) in [6.07, 6.45) is -4.53. The predicted octanol–water partition coefficient (Wildman–Crippen LogP) is -12.3. The molecule has 0 bridgehead atoms. The molecular formula is C6H5K2O8-. The molecule has 80 valence electrons. The van der Waals surface area contributed by atoms with Crippen molar-refractivity contribution in [2.24, 2.45) is 0 Å². The first-order valence-corrected chi connectivity index (χ1v) is 3.24. The van der Waals surface area contributed by atoms with Crippen LogP contribution in [-0.2, 0) is 14.4 Å². The van der Waals surface area contributed by atoms with E-state index < -0.39 is 36.0 Å². The van der Waals surface area contributed by atoms with Gasteiger partial charge in [0.15, 0.2) is 0 Å². The van der Waals surface area contributed by atoms with E-state index in [0.29, 0.717) is 0 Å². The van der Waals surface area contributed by atoms with Crippen LogP contribution >= 0.6 is 0 Å². The maximum absolute atomic E-state index is 10.2. The van der Waals surface area contributed by atoms with Crippen molar-refractivity contribution in [2.75, 3.05) is 0 Å². The van der Waals surface area contributed by atoms with E-state index in [1.165, 1.54) is 0 Å². The van der Waals surface area contributed by atoms with Gasteiger partial charge in [-0.1, -0.05) is 0 Å². The van der Waals surface area contributed by atoms with E-state index in [9.17, 15) is 29.7 Å². The van der Waals surface area contributed by atoms with Gasteiger partial charge in [-0.2, -0.15) is 0 Å². The zero-order valence-corrected chi connectivity index (χ0v) is 14.9. The predicted molar refractivity (Wildman–Crippen MR) is 30.6 cm³/mol. The smallest absolute Gasteiger partial charge is 0.550 e. The van der Waals surface area contributed by atoms with E-state index in [0.717, 1.165) is 0 Å². The van der Waals surface area contributed by atoms with Gasteiger partial charge in [-0.3, -0.25) is 0 Å². The molecule has 0 aromatic heterocycles. The van der Waals surface area contributed by atoms with Gasteiger partial charge in [0.1, 0.15) is 11.7 Å². The number of carbonyl (C=O) groups excluding carboxylic acids is 3. The summed E-state index contributed by atoms with van der Waals surface area (Å²) in [5.74, 6) is -6.84. The molecule has 10 heteroatoms. The van der Waals surface area contributed by atoms with Crippen LogP contribution in [0.5, 0.6) is 0 Å². The van der Waals surface area contributed by atoms with Gasteiger partial charge < -0.3 is 39.9 Å². The summed E-state index contributed by atoms with van der Waals surface area (Å²) in [5.41, 5.74) is -3.46. The van der Waals surface area contributed by atoms with Crippen molar-refractivity contribution >= 4 is 17.9 Å². The minimum Gasteiger partial charge on any atom is -0.550 e. The number of hydrogen-bond acceptors (Lipinski definition) is 8. The first kappa shape index (κ1) is 22.8. The van der Waals surface area contributed by atoms with E-state index in [4.69, 9.17) is 10.2 Å². The maximum atomic E-state index is 10.2. The number of hydrogen-bond donors (Lipinski definition) is 2. The molecule has 2 atom stereocenters. The first-order valence-electron chi connectivity index (χ1n) is 3.24. The minimum atomic E-state index is -3.46. The van der Waals surface area contributed by atoms with E-state index >= 15 is 0 Å². The molecule has 8 nitrogen and oxygen atoms in total. The van der Waals surface area contributed by atoms with Crippen LogP contribution in [0.1, 0.15) is 6.42 Å². The summed E-state index contributed by atoms with van der Waals surface area (Å²) in [5, 5.41) is 47.8. The fourth-order valence-electron chi connectivity index (χ4n) is 0.695. The first-order chi connectivity index (χ1) is 6.21. The van der Waals surface area contributed by atoms with Crippen LogP contribution in [0.3, 0.4) is 0 Å².